The molecule has 0 unspecified atom stereocenters. The highest BCUT2D eigenvalue weighted by Gasteiger charge is 1.81. The van der Waals surface area contributed by atoms with Gasteiger partial charge in [0.2, 0.25) is 0 Å². The third-order valence-corrected chi connectivity index (χ3v) is 1.20. The third-order valence-electron chi connectivity index (χ3n) is 1.20. The topological polar surface area (TPSA) is 29.6 Å². The van der Waals surface area contributed by atoms with Gasteiger partial charge in [0.15, 0.2) is 0 Å². The van der Waals surface area contributed by atoms with Crippen molar-refractivity contribution in [3.05, 3.63) is 29.9 Å². The monoisotopic (exact) mass is 135 g/mol. The normalized spacial score (nSPS) is 11.5. The van der Waals surface area contributed by atoms with Crippen LogP contribution in [0.4, 0.5) is 0 Å². The molecule has 0 atom stereocenters. The van der Waals surface area contributed by atoms with Gasteiger partial charge in [0.1, 0.15) is 5.49 Å². The summed E-state index contributed by atoms with van der Waals surface area (Å²) in [7, 11) is 1.72. The van der Waals surface area contributed by atoms with Gasteiger partial charge in [0.05, 0.1) is 0 Å². The molecule has 0 amide bonds. The number of hydrogen-bond acceptors (Lipinski definition) is 2. The Morgan fingerprint density at radius 3 is 2.80 bits per heavy atom. The van der Waals surface area contributed by atoms with Crippen LogP contribution in [0, 0.1) is 0 Å². The maximum atomic E-state index is 3.97. The minimum atomic E-state index is 0.803. The van der Waals surface area contributed by atoms with E-state index >= 15 is 0 Å². The van der Waals surface area contributed by atoms with Crippen LogP contribution >= 0.6 is 0 Å². The van der Waals surface area contributed by atoms with Crippen molar-refractivity contribution in [2.45, 2.75) is 0 Å². The van der Waals surface area contributed by atoms with Gasteiger partial charge in [-0.3, -0.25) is 4.99 Å². The van der Waals surface area contributed by atoms with E-state index in [2.05, 4.69) is 16.8 Å². The number of hydrogen-bond donors (Lipinski definition) is 0. The third kappa shape index (κ3) is 1.13. The maximum Gasteiger partial charge on any atom is 0.148 e. The highest BCUT2D eigenvalue weighted by molar-refractivity contribution is 5.23. The minimum absolute atomic E-state index is 0.803. The van der Waals surface area contributed by atoms with Gasteiger partial charge >= 0.3 is 0 Å². The van der Waals surface area contributed by atoms with Crippen LogP contribution in [-0.2, 0) is 0 Å². The Kier molecular flexibility index (Phi) is 1.99. The Balaban J connectivity index is 3.36. The highest BCUT2D eigenvalue weighted by atomic mass is 15.3. The molecular weight excluding hydrogens is 126 g/mol. The summed E-state index contributed by atoms with van der Waals surface area (Å²) in [6, 6.07) is 5.65. The van der Waals surface area contributed by atoms with E-state index in [4.69, 9.17) is 0 Å². The summed E-state index contributed by atoms with van der Waals surface area (Å²) in [5, 5.41) is 3.71. The zero-order valence-corrected chi connectivity index (χ0v) is 5.86. The molecule has 1 rings (SSSR count). The Morgan fingerprint density at radius 2 is 2.30 bits per heavy atom. The molecule has 0 fully saturated rings. The second-order valence-electron chi connectivity index (χ2n) is 1.77. The van der Waals surface area contributed by atoms with Crippen molar-refractivity contribution in [3.63, 3.8) is 0 Å². The van der Waals surface area contributed by atoms with E-state index in [9.17, 15) is 0 Å². The maximum absolute atomic E-state index is 3.97. The van der Waals surface area contributed by atoms with E-state index in [0.717, 1.165) is 5.49 Å². The predicted molar refractivity (Wildman–Crippen MR) is 40.9 cm³/mol. The van der Waals surface area contributed by atoms with E-state index in [1.165, 1.54) is 0 Å². The predicted octanol–water partition coefficient (Wildman–Crippen LogP) is 0.482. The summed E-state index contributed by atoms with van der Waals surface area (Å²) in [4.78, 5) is 3.97. The molecule has 0 aliphatic heterocycles. The first-order chi connectivity index (χ1) is 4.88. The molecule has 0 saturated heterocycles. The Labute approximate surface area is 59.4 Å². The molecule has 0 aliphatic carbocycles. The van der Waals surface area contributed by atoms with Crippen LogP contribution in [-0.4, -0.2) is 18.4 Å². The highest BCUT2D eigenvalue weighted by Crippen LogP contribution is 1.78. The molecule has 0 bridgehead atoms. The van der Waals surface area contributed by atoms with E-state index < -0.39 is 0 Å². The van der Waals surface area contributed by atoms with Gasteiger partial charge in [-0.2, -0.15) is 5.10 Å². The fraction of sp³-hybridized carbons (Fsp3) is 0.143. The molecule has 0 saturated carbocycles. The first-order valence-electron chi connectivity index (χ1n) is 2.96. The summed E-state index contributed by atoms with van der Waals surface area (Å²) < 4.78 is 1.61. The number of pyridine rings is 1. The Morgan fingerprint density at radius 1 is 1.50 bits per heavy atom. The van der Waals surface area contributed by atoms with Crippen molar-refractivity contribution >= 4 is 6.72 Å². The zero-order valence-electron chi connectivity index (χ0n) is 5.86. The zero-order chi connectivity index (χ0) is 7.40. The van der Waals surface area contributed by atoms with E-state index in [1.54, 1.807) is 17.9 Å². The molecule has 1 aromatic heterocycles. The van der Waals surface area contributed by atoms with Crippen molar-refractivity contribution in [3.8, 4) is 0 Å². The van der Waals surface area contributed by atoms with Crippen molar-refractivity contribution in [1.29, 1.82) is 0 Å². The molecule has 0 N–H and O–H groups in total. The van der Waals surface area contributed by atoms with Crippen LogP contribution in [0.25, 0.3) is 0 Å². The molecule has 3 nitrogen and oxygen atoms in total. The second-order valence-corrected chi connectivity index (χ2v) is 1.77. The van der Waals surface area contributed by atoms with Crippen LogP contribution in [0.2, 0.25) is 0 Å². The first-order valence-corrected chi connectivity index (χ1v) is 2.96. The number of nitrogens with zero attached hydrogens (tertiary/aromatic N) is 3. The fourth-order valence-electron chi connectivity index (χ4n) is 0.722. The van der Waals surface area contributed by atoms with E-state index in [-0.39, 0.29) is 0 Å². The molecular formula is C7H9N3. The Hall–Kier alpha value is -1.38. The first kappa shape index (κ1) is 6.74. The molecule has 0 aromatic carbocycles. The lowest BCUT2D eigenvalue weighted by Crippen LogP contribution is -2.14. The molecule has 3 heteroatoms. The van der Waals surface area contributed by atoms with Crippen LogP contribution in [0.15, 0.2) is 34.5 Å². The standard InChI is InChI=1S/C7H9N3/c1-8-7-5-3-4-6-10(7)9-2/h3-6H,2H2,1H3/b8-7-. The van der Waals surface area contributed by atoms with Gasteiger partial charge in [-0.05, 0) is 12.1 Å². The lowest BCUT2D eigenvalue weighted by atomic mass is 10.5. The van der Waals surface area contributed by atoms with E-state index in [0.29, 0.717) is 0 Å². The average Bonchev–Trinajstić information content (AvgIpc) is 2.04. The summed E-state index contributed by atoms with van der Waals surface area (Å²) in [6.07, 6.45) is 1.80. The molecule has 1 heterocycles. The molecule has 0 aliphatic rings. The minimum Gasteiger partial charge on any atom is -0.270 e. The van der Waals surface area contributed by atoms with Gasteiger partial charge in [-0.15, -0.1) is 0 Å². The van der Waals surface area contributed by atoms with Crippen LogP contribution in [0.5, 0.6) is 0 Å². The second kappa shape index (κ2) is 2.96. The summed E-state index contributed by atoms with van der Waals surface area (Å²) in [5.74, 6) is 0. The van der Waals surface area contributed by atoms with Crippen molar-refractivity contribution in [1.82, 2.24) is 4.68 Å². The van der Waals surface area contributed by atoms with Gasteiger partial charge in [-0.1, -0.05) is 6.07 Å². The lowest BCUT2D eigenvalue weighted by Gasteiger charge is -1.95. The molecule has 10 heavy (non-hydrogen) atoms. The lowest BCUT2D eigenvalue weighted by molar-refractivity contribution is 0.807. The SMILES string of the molecule is C=Nn1cccc/c1=N/C. The average molecular weight is 135 g/mol. The quantitative estimate of drug-likeness (QED) is 0.501. The number of rotatable bonds is 1. The molecule has 52 valence electrons. The molecule has 0 radical (unpaired) electrons. The smallest absolute Gasteiger partial charge is 0.148 e. The summed E-state index contributed by atoms with van der Waals surface area (Å²) in [5.41, 5.74) is 0.803. The largest absolute Gasteiger partial charge is 0.270 e. The van der Waals surface area contributed by atoms with Crippen LogP contribution in [0.1, 0.15) is 0 Å². The van der Waals surface area contributed by atoms with Gasteiger partial charge < -0.3 is 0 Å². The van der Waals surface area contributed by atoms with Gasteiger partial charge in [0.25, 0.3) is 0 Å². The fourth-order valence-corrected chi connectivity index (χ4v) is 0.722. The van der Waals surface area contributed by atoms with Crippen molar-refractivity contribution < 1.29 is 0 Å². The van der Waals surface area contributed by atoms with E-state index in [1.807, 2.05) is 18.2 Å². The molecule has 1 aromatic rings. The van der Waals surface area contributed by atoms with Gasteiger partial charge in [0, 0.05) is 20.0 Å². The molecule has 0 spiro atoms. The van der Waals surface area contributed by atoms with Crippen molar-refractivity contribution in [2.75, 3.05) is 7.05 Å². The summed E-state index contributed by atoms with van der Waals surface area (Å²) >= 11 is 0. The number of aromatic nitrogens is 1. The Bertz CT molecular complexity index is 285. The van der Waals surface area contributed by atoms with Crippen molar-refractivity contribution in [2.24, 2.45) is 10.1 Å². The van der Waals surface area contributed by atoms with Gasteiger partial charge in [-0.25, -0.2) is 4.68 Å². The van der Waals surface area contributed by atoms with Crippen LogP contribution < -0.4 is 5.49 Å². The summed E-state index contributed by atoms with van der Waals surface area (Å²) in [6.45, 7) is 3.39. The van der Waals surface area contributed by atoms with Crippen LogP contribution in [0.3, 0.4) is 0 Å².